The van der Waals surface area contributed by atoms with Crippen molar-refractivity contribution in [2.75, 3.05) is 6.54 Å². The van der Waals surface area contributed by atoms with E-state index >= 15 is 0 Å². The average molecular weight is 298 g/mol. The number of fused-ring (bicyclic) bond motifs is 1. The second kappa shape index (κ2) is 6.23. The minimum Gasteiger partial charge on any atom is -0.300 e. The first-order chi connectivity index (χ1) is 10.7. The summed E-state index contributed by atoms with van der Waals surface area (Å²) in [6.45, 7) is 5.95. The Balaban J connectivity index is 1.83. The molecule has 1 aromatic carbocycles. The predicted octanol–water partition coefficient (Wildman–Crippen LogP) is 3.45. The van der Waals surface area contributed by atoms with Crippen molar-refractivity contribution in [3.8, 4) is 0 Å². The van der Waals surface area contributed by atoms with Crippen molar-refractivity contribution in [3.63, 3.8) is 0 Å². The van der Waals surface area contributed by atoms with Crippen molar-refractivity contribution >= 4 is 5.65 Å². The Hall–Kier alpha value is -2.27. The number of rotatable bonds is 5. The molecule has 4 nitrogen and oxygen atoms in total. The predicted molar refractivity (Wildman–Crippen MR) is 83.9 cm³/mol. The first kappa shape index (κ1) is 14.7. The summed E-state index contributed by atoms with van der Waals surface area (Å²) in [7, 11) is 0. The number of hydrogen-bond acceptors (Lipinski definition) is 3. The first-order valence-corrected chi connectivity index (χ1v) is 7.44. The molecule has 114 valence electrons. The lowest BCUT2D eigenvalue weighted by Gasteiger charge is -2.28. The van der Waals surface area contributed by atoms with Gasteiger partial charge in [-0.15, -0.1) is 0 Å². The second-order valence-electron chi connectivity index (χ2n) is 5.34. The summed E-state index contributed by atoms with van der Waals surface area (Å²) in [6, 6.07) is 6.93. The fraction of sp³-hybridized carbons (Fsp3) is 0.294. The first-order valence-electron chi connectivity index (χ1n) is 7.44. The average Bonchev–Trinajstić information content (AvgIpc) is 2.96. The minimum atomic E-state index is -0.201. The summed E-state index contributed by atoms with van der Waals surface area (Å²) in [5.41, 5.74) is 3.08. The Kier molecular flexibility index (Phi) is 4.15. The van der Waals surface area contributed by atoms with E-state index in [0.29, 0.717) is 0 Å². The number of imidazole rings is 1. The van der Waals surface area contributed by atoms with Crippen LogP contribution in [0.1, 0.15) is 31.1 Å². The van der Waals surface area contributed by atoms with Crippen LogP contribution in [0.2, 0.25) is 0 Å². The van der Waals surface area contributed by atoms with Crippen LogP contribution in [0, 0.1) is 5.82 Å². The topological polar surface area (TPSA) is 33.4 Å². The molecule has 1 unspecified atom stereocenters. The van der Waals surface area contributed by atoms with Gasteiger partial charge in [-0.2, -0.15) is 0 Å². The molecular formula is C17H19FN4. The molecule has 0 N–H and O–H groups in total. The van der Waals surface area contributed by atoms with Gasteiger partial charge in [0.15, 0.2) is 5.65 Å². The third kappa shape index (κ3) is 2.85. The van der Waals surface area contributed by atoms with E-state index in [0.717, 1.165) is 30.0 Å². The number of aromatic nitrogens is 3. The molecule has 3 rings (SSSR count). The summed E-state index contributed by atoms with van der Waals surface area (Å²) in [4.78, 5) is 10.8. The Bertz CT molecular complexity index is 751. The fourth-order valence-corrected chi connectivity index (χ4v) is 2.69. The molecule has 0 aliphatic heterocycles. The number of benzene rings is 1. The van der Waals surface area contributed by atoms with E-state index in [2.05, 4.69) is 28.7 Å². The molecule has 5 heteroatoms. The SMILES string of the molecule is CCN(Cc1cnc2cnccn12)C(C)c1ccc(F)cc1. The largest absolute Gasteiger partial charge is 0.300 e. The summed E-state index contributed by atoms with van der Waals surface area (Å²) in [5.74, 6) is -0.201. The van der Waals surface area contributed by atoms with E-state index in [1.807, 2.05) is 28.9 Å². The van der Waals surface area contributed by atoms with Crippen molar-refractivity contribution < 1.29 is 4.39 Å². The molecule has 2 aromatic heterocycles. The van der Waals surface area contributed by atoms with E-state index in [-0.39, 0.29) is 11.9 Å². The normalized spacial score (nSPS) is 12.9. The van der Waals surface area contributed by atoms with Crippen molar-refractivity contribution in [3.05, 3.63) is 66.1 Å². The zero-order valence-electron chi connectivity index (χ0n) is 12.8. The monoisotopic (exact) mass is 298 g/mol. The van der Waals surface area contributed by atoms with Gasteiger partial charge in [-0.1, -0.05) is 19.1 Å². The smallest absolute Gasteiger partial charge is 0.155 e. The molecule has 22 heavy (non-hydrogen) atoms. The van der Waals surface area contributed by atoms with Gasteiger partial charge < -0.3 is 0 Å². The Morgan fingerprint density at radius 3 is 2.73 bits per heavy atom. The van der Waals surface area contributed by atoms with Crippen LogP contribution in [0.15, 0.2) is 49.1 Å². The van der Waals surface area contributed by atoms with Gasteiger partial charge in [0.2, 0.25) is 0 Å². The molecule has 0 spiro atoms. The van der Waals surface area contributed by atoms with Crippen molar-refractivity contribution in [2.24, 2.45) is 0 Å². The molecule has 1 atom stereocenters. The fourth-order valence-electron chi connectivity index (χ4n) is 2.69. The van der Waals surface area contributed by atoms with E-state index in [1.165, 1.54) is 12.1 Å². The molecule has 0 aliphatic rings. The molecule has 0 saturated carbocycles. The van der Waals surface area contributed by atoms with Crippen molar-refractivity contribution in [2.45, 2.75) is 26.4 Å². The van der Waals surface area contributed by atoms with E-state index in [9.17, 15) is 4.39 Å². The Labute approximate surface area is 129 Å². The molecule has 0 fully saturated rings. The molecular weight excluding hydrogens is 279 g/mol. The molecule has 2 heterocycles. The van der Waals surface area contributed by atoms with E-state index < -0.39 is 0 Å². The highest BCUT2D eigenvalue weighted by molar-refractivity contribution is 5.36. The van der Waals surface area contributed by atoms with Gasteiger partial charge in [-0.3, -0.25) is 14.3 Å². The maximum absolute atomic E-state index is 13.1. The van der Waals surface area contributed by atoms with E-state index in [1.54, 1.807) is 12.4 Å². The van der Waals surface area contributed by atoms with Crippen LogP contribution in [0.5, 0.6) is 0 Å². The van der Waals surface area contributed by atoms with Gasteiger partial charge in [0.25, 0.3) is 0 Å². The maximum atomic E-state index is 13.1. The highest BCUT2D eigenvalue weighted by atomic mass is 19.1. The quantitative estimate of drug-likeness (QED) is 0.723. The molecule has 3 aromatic rings. The molecule has 0 aliphatic carbocycles. The summed E-state index contributed by atoms with van der Waals surface area (Å²) in [6.07, 6.45) is 7.33. The van der Waals surface area contributed by atoms with Crippen LogP contribution in [-0.4, -0.2) is 25.8 Å². The molecule has 0 amide bonds. The highest BCUT2D eigenvalue weighted by Crippen LogP contribution is 2.22. The molecule has 0 bridgehead atoms. The van der Waals surface area contributed by atoms with E-state index in [4.69, 9.17) is 0 Å². The zero-order chi connectivity index (χ0) is 15.5. The van der Waals surface area contributed by atoms with Crippen LogP contribution in [0.3, 0.4) is 0 Å². The van der Waals surface area contributed by atoms with Crippen LogP contribution < -0.4 is 0 Å². The van der Waals surface area contributed by atoms with Crippen molar-refractivity contribution in [1.82, 2.24) is 19.3 Å². The van der Waals surface area contributed by atoms with Crippen LogP contribution in [0.25, 0.3) is 5.65 Å². The van der Waals surface area contributed by atoms with Crippen molar-refractivity contribution in [1.29, 1.82) is 0 Å². The van der Waals surface area contributed by atoms with Gasteiger partial charge in [-0.25, -0.2) is 9.37 Å². The zero-order valence-corrected chi connectivity index (χ0v) is 12.8. The van der Waals surface area contributed by atoms with Crippen LogP contribution >= 0.6 is 0 Å². The number of hydrogen-bond donors (Lipinski definition) is 0. The second-order valence-corrected chi connectivity index (χ2v) is 5.34. The summed E-state index contributed by atoms with van der Waals surface area (Å²) in [5, 5.41) is 0. The highest BCUT2D eigenvalue weighted by Gasteiger charge is 2.16. The third-order valence-corrected chi connectivity index (χ3v) is 4.07. The number of nitrogens with zero attached hydrogens (tertiary/aromatic N) is 4. The Morgan fingerprint density at radius 1 is 1.23 bits per heavy atom. The standard InChI is InChI=1S/C17H19FN4/c1-3-21(13(2)14-4-6-15(18)7-5-14)12-16-10-20-17-11-19-8-9-22(16)17/h4-11,13H,3,12H2,1-2H3. The molecule has 0 saturated heterocycles. The van der Waals surface area contributed by atoms with Gasteiger partial charge in [0, 0.05) is 25.0 Å². The lowest BCUT2D eigenvalue weighted by Crippen LogP contribution is -2.27. The summed E-state index contributed by atoms with van der Waals surface area (Å²) >= 11 is 0. The summed E-state index contributed by atoms with van der Waals surface area (Å²) < 4.78 is 15.1. The third-order valence-electron chi connectivity index (χ3n) is 4.07. The lowest BCUT2D eigenvalue weighted by atomic mass is 10.1. The van der Waals surface area contributed by atoms with Gasteiger partial charge in [0.1, 0.15) is 5.82 Å². The van der Waals surface area contributed by atoms with Gasteiger partial charge in [-0.05, 0) is 31.2 Å². The van der Waals surface area contributed by atoms with Gasteiger partial charge >= 0.3 is 0 Å². The Morgan fingerprint density at radius 2 is 2.00 bits per heavy atom. The maximum Gasteiger partial charge on any atom is 0.155 e. The van der Waals surface area contributed by atoms with Gasteiger partial charge in [0.05, 0.1) is 18.1 Å². The number of halogens is 1. The van der Waals surface area contributed by atoms with Crippen LogP contribution in [0.4, 0.5) is 4.39 Å². The minimum absolute atomic E-state index is 0.201. The lowest BCUT2D eigenvalue weighted by molar-refractivity contribution is 0.210. The van der Waals surface area contributed by atoms with Crippen LogP contribution in [-0.2, 0) is 6.54 Å². The molecule has 0 radical (unpaired) electrons.